The van der Waals surface area contributed by atoms with Crippen LogP contribution in [0, 0.1) is 5.41 Å². The van der Waals surface area contributed by atoms with Gasteiger partial charge >= 0.3 is 5.97 Å². The van der Waals surface area contributed by atoms with E-state index in [0.717, 1.165) is 23.3 Å². The largest absolute Gasteiger partial charge is 0.493 e. The Morgan fingerprint density at radius 2 is 1.97 bits per heavy atom. The average molecular weight is 440 g/mol. The molecule has 1 aliphatic carbocycles. The molecule has 1 aliphatic heterocycles. The van der Waals surface area contributed by atoms with Gasteiger partial charge in [0.25, 0.3) is 0 Å². The van der Waals surface area contributed by atoms with E-state index < -0.39 is 11.9 Å². The van der Waals surface area contributed by atoms with Crippen LogP contribution in [0.2, 0.25) is 0 Å². The molecule has 32 heavy (non-hydrogen) atoms. The van der Waals surface area contributed by atoms with Gasteiger partial charge in [0.05, 0.1) is 19.3 Å². The molecule has 1 atom stereocenters. The summed E-state index contributed by atoms with van der Waals surface area (Å²) in [7, 11) is 1.57. The number of Topliss-reactive ketones (excluding diaryl/α,β-unsaturated/α-hetero) is 1. The zero-order valence-electron chi connectivity index (χ0n) is 19.9. The molecule has 0 saturated carbocycles. The predicted octanol–water partition coefficient (Wildman–Crippen LogP) is 4.82. The standard InChI is InChI=1S/C26H33NO5/c1-8-31-25(29)22-16(4)27-18-12-26(5,6)13-19(28)24(18)23(22)17-9-10-20(21(11-17)30-7)32-14-15(2)3/h9-11,23,27H,2,8,12-14H2,1,3-7H3/t23-/m0/s1. The Kier molecular flexibility index (Phi) is 6.82. The molecule has 1 aromatic rings. The highest BCUT2D eigenvalue weighted by molar-refractivity contribution is 6.04. The van der Waals surface area contributed by atoms with Gasteiger partial charge in [0, 0.05) is 29.3 Å². The number of hydrogen-bond donors (Lipinski definition) is 1. The van der Waals surface area contributed by atoms with E-state index in [2.05, 4.69) is 25.7 Å². The van der Waals surface area contributed by atoms with Gasteiger partial charge in [-0.05, 0) is 55.9 Å². The third kappa shape index (κ3) is 4.74. The molecule has 0 saturated heterocycles. The van der Waals surface area contributed by atoms with E-state index in [9.17, 15) is 9.59 Å². The number of benzene rings is 1. The number of carbonyl (C=O) groups is 2. The third-order valence-corrected chi connectivity index (χ3v) is 5.73. The number of hydrogen-bond acceptors (Lipinski definition) is 6. The molecule has 2 aliphatic rings. The van der Waals surface area contributed by atoms with Crippen molar-refractivity contribution in [1.82, 2.24) is 5.32 Å². The van der Waals surface area contributed by atoms with Crippen molar-refractivity contribution in [3.8, 4) is 11.5 Å². The first kappa shape index (κ1) is 23.6. The molecule has 0 spiro atoms. The summed E-state index contributed by atoms with van der Waals surface area (Å²) < 4.78 is 16.7. The van der Waals surface area contributed by atoms with Crippen molar-refractivity contribution in [2.75, 3.05) is 20.3 Å². The maximum Gasteiger partial charge on any atom is 0.336 e. The molecule has 1 heterocycles. The van der Waals surface area contributed by atoms with Crippen LogP contribution in [0.4, 0.5) is 0 Å². The molecule has 172 valence electrons. The number of dihydropyridines is 1. The van der Waals surface area contributed by atoms with Gasteiger partial charge in [-0.2, -0.15) is 0 Å². The van der Waals surface area contributed by atoms with Gasteiger partial charge in [-0.1, -0.05) is 26.5 Å². The first-order valence-electron chi connectivity index (χ1n) is 10.9. The van der Waals surface area contributed by atoms with Gasteiger partial charge < -0.3 is 19.5 Å². The number of esters is 1. The lowest BCUT2D eigenvalue weighted by Crippen LogP contribution is -2.38. The van der Waals surface area contributed by atoms with E-state index in [4.69, 9.17) is 14.2 Å². The quantitative estimate of drug-likeness (QED) is 0.485. The van der Waals surface area contributed by atoms with E-state index in [1.165, 1.54) is 0 Å². The number of rotatable bonds is 7. The molecule has 0 unspecified atom stereocenters. The Balaban J connectivity index is 2.14. The number of methoxy groups -OCH3 is 1. The number of ketones is 1. The minimum absolute atomic E-state index is 0.0459. The van der Waals surface area contributed by atoms with Gasteiger partial charge in [-0.15, -0.1) is 0 Å². The molecule has 3 rings (SSSR count). The van der Waals surface area contributed by atoms with Crippen LogP contribution in [-0.2, 0) is 14.3 Å². The maximum absolute atomic E-state index is 13.3. The topological polar surface area (TPSA) is 73.9 Å². The molecule has 0 bridgehead atoms. The van der Waals surface area contributed by atoms with Crippen molar-refractivity contribution in [2.45, 2.75) is 53.4 Å². The second-order valence-corrected chi connectivity index (χ2v) is 9.31. The Bertz CT molecular complexity index is 1020. The van der Waals surface area contributed by atoms with Gasteiger partial charge in [-0.25, -0.2) is 4.79 Å². The van der Waals surface area contributed by atoms with Crippen molar-refractivity contribution in [3.05, 3.63) is 58.5 Å². The molecular weight excluding hydrogens is 406 g/mol. The van der Waals surface area contributed by atoms with Crippen LogP contribution in [-0.4, -0.2) is 32.1 Å². The van der Waals surface area contributed by atoms with E-state index >= 15 is 0 Å². The van der Waals surface area contributed by atoms with Gasteiger partial charge in [-0.3, -0.25) is 4.79 Å². The lowest BCUT2D eigenvalue weighted by Gasteiger charge is -2.39. The van der Waals surface area contributed by atoms with Gasteiger partial charge in [0.15, 0.2) is 17.3 Å². The zero-order valence-corrected chi connectivity index (χ0v) is 19.9. The Morgan fingerprint density at radius 3 is 2.59 bits per heavy atom. The highest BCUT2D eigenvalue weighted by Gasteiger charge is 2.43. The molecule has 1 aromatic carbocycles. The van der Waals surface area contributed by atoms with Crippen LogP contribution >= 0.6 is 0 Å². The SMILES string of the molecule is C=C(C)COc1ccc([C@H]2C(C(=O)OCC)=C(C)NC3=C2C(=O)CC(C)(C)C3)cc1OC. The van der Waals surface area contributed by atoms with Crippen molar-refractivity contribution in [1.29, 1.82) is 0 Å². The van der Waals surface area contributed by atoms with Crippen LogP contribution in [0.15, 0.2) is 52.9 Å². The van der Waals surface area contributed by atoms with Gasteiger partial charge in [0.1, 0.15) is 6.61 Å². The van der Waals surface area contributed by atoms with Crippen molar-refractivity contribution >= 4 is 11.8 Å². The van der Waals surface area contributed by atoms with Crippen LogP contribution in [0.1, 0.15) is 58.9 Å². The van der Waals surface area contributed by atoms with Crippen molar-refractivity contribution < 1.29 is 23.8 Å². The fourth-order valence-electron chi connectivity index (χ4n) is 4.43. The van der Waals surface area contributed by atoms with E-state index in [1.54, 1.807) is 14.0 Å². The number of allylic oxidation sites excluding steroid dienone is 3. The fraction of sp³-hybridized carbons (Fsp3) is 0.462. The summed E-state index contributed by atoms with van der Waals surface area (Å²) in [6.45, 7) is 14.2. The molecule has 6 nitrogen and oxygen atoms in total. The highest BCUT2D eigenvalue weighted by Crippen LogP contribution is 2.47. The van der Waals surface area contributed by atoms with Crippen LogP contribution < -0.4 is 14.8 Å². The number of ether oxygens (including phenoxy) is 3. The molecule has 0 amide bonds. The number of carbonyl (C=O) groups excluding carboxylic acids is 2. The minimum Gasteiger partial charge on any atom is -0.493 e. The normalized spacial score (nSPS) is 19.8. The molecule has 1 N–H and O–H groups in total. The smallest absolute Gasteiger partial charge is 0.336 e. The first-order valence-corrected chi connectivity index (χ1v) is 10.9. The van der Waals surface area contributed by atoms with Crippen LogP contribution in [0.5, 0.6) is 11.5 Å². The van der Waals surface area contributed by atoms with Crippen LogP contribution in [0.3, 0.4) is 0 Å². The highest BCUT2D eigenvalue weighted by atomic mass is 16.5. The van der Waals surface area contributed by atoms with E-state index in [-0.39, 0.29) is 17.8 Å². The molecular formula is C26H33NO5. The van der Waals surface area contributed by atoms with Crippen molar-refractivity contribution in [2.24, 2.45) is 5.41 Å². The molecule has 6 heteroatoms. The summed E-state index contributed by atoms with van der Waals surface area (Å²) in [4.78, 5) is 26.3. The second-order valence-electron chi connectivity index (χ2n) is 9.31. The first-order chi connectivity index (χ1) is 15.1. The monoisotopic (exact) mass is 439 g/mol. The summed E-state index contributed by atoms with van der Waals surface area (Å²) in [5, 5.41) is 3.34. The van der Waals surface area contributed by atoms with Gasteiger partial charge in [0.2, 0.25) is 0 Å². The second kappa shape index (κ2) is 9.23. The average Bonchev–Trinajstić information content (AvgIpc) is 2.70. The summed E-state index contributed by atoms with van der Waals surface area (Å²) in [5.41, 5.74) is 4.21. The Labute approximate surface area is 190 Å². The van der Waals surface area contributed by atoms with Crippen LogP contribution in [0.25, 0.3) is 0 Å². The summed E-state index contributed by atoms with van der Waals surface area (Å²) >= 11 is 0. The maximum atomic E-state index is 13.3. The molecule has 0 fully saturated rings. The summed E-state index contributed by atoms with van der Waals surface area (Å²) in [6.07, 6.45) is 1.16. The third-order valence-electron chi connectivity index (χ3n) is 5.73. The zero-order chi connectivity index (χ0) is 23.6. The lowest BCUT2D eigenvalue weighted by atomic mass is 9.68. The molecule has 0 aromatic heterocycles. The summed E-state index contributed by atoms with van der Waals surface area (Å²) in [6, 6.07) is 5.54. The van der Waals surface area contributed by atoms with E-state index in [1.807, 2.05) is 32.0 Å². The van der Waals surface area contributed by atoms with E-state index in [0.29, 0.717) is 41.4 Å². The lowest BCUT2D eigenvalue weighted by molar-refractivity contribution is -0.138. The molecule has 0 radical (unpaired) electrons. The summed E-state index contributed by atoms with van der Waals surface area (Å²) in [5.74, 6) is 0.210. The Morgan fingerprint density at radius 1 is 1.25 bits per heavy atom. The minimum atomic E-state index is -0.530. The number of nitrogens with one attached hydrogen (secondary N) is 1. The predicted molar refractivity (Wildman–Crippen MR) is 124 cm³/mol. The van der Waals surface area contributed by atoms with Crippen molar-refractivity contribution in [3.63, 3.8) is 0 Å². The fourth-order valence-corrected chi connectivity index (χ4v) is 4.43. The Hall–Kier alpha value is -3.02.